The van der Waals surface area contributed by atoms with Gasteiger partial charge in [-0.05, 0) is 36.8 Å². The van der Waals surface area contributed by atoms with Crippen LogP contribution in [0.25, 0.3) is 11.0 Å². The molecule has 1 heterocycles. The standard InChI is InChI=1S/C16H17N3O2S/c1-12-5-4-6-13(11-12)22(20,21)17-10-9-16-18-14-7-2-3-8-15(14)19-16/h2-8,11,17H,9-10H2,1H3,(H,18,19). The third-order valence-electron chi connectivity index (χ3n) is 3.39. The molecule has 0 aliphatic rings. The van der Waals surface area contributed by atoms with Crippen LogP contribution < -0.4 is 4.72 Å². The highest BCUT2D eigenvalue weighted by atomic mass is 32.2. The average molecular weight is 315 g/mol. The fourth-order valence-electron chi connectivity index (χ4n) is 2.29. The van der Waals surface area contributed by atoms with Gasteiger partial charge in [0.2, 0.25) is 10.0 Å². The van der Waals surface area contributed by atoms with Gasteiger partial charge in [-0.25, -0.2) is 18.1 Å². The zero-order chi connectivity index (χ0) is 15.6. The van der Waals surface area contributed by atoms with Gasteiger partial charge in [0.05, 0.1) is 15.9 Å². The maximum atomic E-state index is 12.2. The first-order valence-corrected chi connectivity index (χ1v) is 8.53. The molecule has 0 amide bonds. The molecule has 1 aromatic heterocycles. The lowest BCUT2D eigenvalue weighted by Crippen LogP contribution is -2.26. The van der Waals surface area contributed by atoms with E-state index >= 15 is 0 Å². The second-order valence-electron chi connectivity index (χ2n) is 5.16. The van der Waals surface area contributed by atoms with Crippen LogP contribution >= 0.6 is 0 Å². The lowest BCUT2D eigenvalue weighted by Gasteiger charge is -2.06. The van der Waals surface area contributed by atoms with Crippen molar-refractivity contribution >= 4 is 21.1 Å². The first kappa shape index (κ1) is 14.7. The molecule has 2 N–H and O–H groups in total. The number of H-pyrrole nitrogens is 1. The highest BCUT2D eigenvalue weighted by molar-refractivity contribution is 7.89. The third kappa shape index (κ3) is 3.18. The smallest absolute Gasteiger partial charge is 0.240 e. The second kappa shape index (κ2) is 5.90. The monoisotopic (exact) mass is 315 g/mol. The van der Waals surface area contributed by atoms with Crippen molar-refractivity contribution in [2.45, 2.75) is 18.2 Å². The number of hydrogen-bond acceptors (Lipinski definition) is 3. The van der Waals surface area contributed by atoms with E-state index in [1.807, 2.05) is 37.3 Å². The van der Waals surface area contributed by atoms with Crippen LogP contribution in [0.15, 0.2) is 53.4 Å². The molecule has 0 aliphatic carbocycles. The van der Waals surface area contributed by atoms with Gasteiger partial charge in [-0.15, -0.1) is 0 Å². The van der Waals surface area contributed by atoms with E-state index in [1.54, 1.807) is 18.2 Å². The molecular formula is C16H17N3O2S. The minimum atomic E-state index is -3.47. The van der Waals surface area contributed by atoms with Crippen molar-refractivity contribution in [3.63, 3.8) is 0 Å². The van der Waals surface area contributed by atoms with Crippen LogP contribution in [0.4, 0.5) is 0 Å². The Hall–Kier alpha value is -2.18. The molecule has 0 aliphatic heterocycles. The molecule has 3 aromatic rings. The molecule has 5 nitrogen and oxygen atoms in total. The molecule has 6 heteroatoms. The van der Waals surface area contributed by atoms with Crippen LogP contribution in [0.2, 0.25) is 0 Å². The summed E-state index contributed by atoms with van der Waals surface area (Å²) in [6.07, 6.45) is 0.514. The van der Waals surface area contributed by atoms with Gasteiger partial charge in [-0.2, -0.15) is 0 Å². The van der Waals surface area contributed by atoms with Crippen molar-refractivity contribution < 1.29 is 8.42 Å². The van der Waals surface area contributed by atoms with Crippen molar-refractivity contribution in [3.8, 4) is 0 Å². The molecule has 0 saturated carbocycles. The lowest BCUT2D eigenvalue weighted by molar-refractivity contribution is 0.581. The molecule has 0 bridgehead atoms. The van der Waals surface area contributed by atoms with Gasteiger partial charge in [0, 0.05) is 13.0 Å². The Labute approximate surface area is 129 Å². The van der Waals surface area contributed by atoms with E-state index in [0.717, 1.165) is 22.4 Å². The molecule has 0 spiro atoms. The number of para-hydroxylation sites is 2. The molecule has 22 heavy (non-hydrogen) atoms. The number of imidazole rings is 1. The number of benzene rings is 2. The summed E-state index contributed by atoms with van der Waals surface area (Å²) in [4.78, 5) is 7.90. The van der Waals surface area contributed by atoms with E-state index in [-0.39, 0.29) is 4.90 Å². The van der Waals surface area contributed by atoms with Gasteiger partial charge < -0.3 is 4.98 Å². The average Bonchev–Trinajstić information content (AvgIpc) is 2.89. The van der Waals surface area contributed by atoms with Gasteiger partial charge in [0.1, 0.15) is 5.82 Å². The Morgan fingerprint density at radius 2 is 1.95 bits per heavy atom. The quantitative estimate of drug-likeness (QED) is 0.759. The number of aromatic amines is 1. The summed E-state index contributed by atoms with van der Waals surface area (Å²) in [6, 6.07) is 14.6. The van der Waals surface area contributed by atoms with Gasteiger partial charge in [-0.1, -0.05) is 24.3 Å². The summed E-state index contributed by atoms with van der Waals surface area (Å²) in [6.45, 7) is 2.17. The summed E-state index contributed by atoms with van der Waals surface area (Å²) in [7, 11) is -3.47. The van der Waals surface area contributed by atoms with Gasteiger partial charge in [0.25, 0.3) is 0 Å². The number of nitrogens with one attached hydrogen (secondary N) is 2. The van der Waals surface area contributed by atoms with Crippen LogP contribution in [-0.4, -0.2) is 24.9 Å². The highest BCUT2D eigenvalue weighted by Gasteiger charge is 2.13. The maximum absolute atomic E-state index is 12.2. The number of aryl methyl sites for hydroxylation is 1. The van der Waals surface area contributed by atoms with Gasteiger partial charge in [-0.3, -0.25) is 0 Å². The molecule has 114 valence electrons. The number of hydrogen-bond donors (Lipinski definition) is 2. The topological polar surface area (TPSA) is 74.8 Å². The second-order valence-corrected chi connectivity index (χ2v) is 6.93. The highest BCUT2D eigenvalue weighted by Crippen LogP contribution is 2.12. The number of rotatable bonds is 5. The SMILES string of the molecule is Cc1cccc(S(=O)(=O)NCCc2nc3ccccc3[nH]2)c1. The van der Waals surface area contributed by atoms with Crippen LogP contribution in [0.3, 0.4) is 0 Å². The van der Waals surface area contributed by atoms with E-state index in [9.17, 15) is 8.42 Å². The number of aromatic nitrogens is 2. The van der Waals surface area contributed by atoms with E-state index in [2.05, 4.69) is 14.7 Å². The fraction of sp³-hybridized carbons (Fsp3) is 0.188. The molecule has 0 atom stereocenters. The van der Waals surface area contributed by atoms with Crippen LogP contribution in [-0.2, 0) is 16.4 Å². The zero-order valence-corrected chi connectivity index (χ0v) is 13.0. The summed E-state index contributed by atoms with van der Waals surface area (Å²) in [5.41, 5.74) is 2.76. The minimum absolute atomic E-state index is 0.289. The number of nitrogens with zero attached hydrogens (tertiary/aromatic N) is 1. The van der Waals surface area contributed by atoms with Gasteiger partial charge in [0.15, 0.2) is 0 Å². The van der Waals surface area contributed by atoms with Gasteiger partial charge >= 0.3 is 0 Å². The summed E-state index contributed by atoms with van der Waals surface area (Å²) < 4.78 is 27.0. The lowest BCUT2D eigenvalue weighted by atomic mass is 10.2. The first-order chi connectivity index (χ1) is 10.5. The molecule has 0 radical (unpaired) electrons. The maximum Gasteiger partial charge on any atom is 0.240 e. The van der Waals surface area contributed by atoms with Crippen molar-refractivity contribution in [1.29, 1.82) is 0 Å². The van der Waals surface area contributed by atoms with Crippen molar-refractivity contribution in [3.05, 3.63) is 59.9 Å². The predicted octanol–water partition coefficient (Wildman–Crippen LogP) is 2.39. The summed E-state index contributed by atoms with van der Waals surface area (Å²) >= 11 is 0. The van der Waals surface area contributed by atoms with E-state index in [0.29, 0.717) is 13.0 Å². The minimum Gasteiger partial charge on any atom is -0.342 e. The van der Waals surface area contributed by atoms with Crippen LogP contribution in [0.1, 0.15) is 11.4 Å². The summed E-state index contributed by atoms with van der Waals surface area (Å²) in [5, 5.41) is 0. The van der Waals surface area contributed by atoms with E-state index in [1.165, 1.54) is 0 Å². The van der Waals surface area contributed by atoms with Crippen molar-refractivity contribution in [2.24, 2.45) is 0 Å². The number of fused-ring (bicyclic) bond motifs is 1. The summed E-state index contributed by atoms with van der Waals surface area (Å²) in [5.74, 6) is 0.771. The molecule has 0 unspecified atom stereocenters. The Kier molecular flexibility index (Phi) is 3.96. The molecule has 3 rings (SSSR count). The van der Waals surface area contributed by atoms with Crippen molar-refractivity contribution in [2.75, 3.05) is 6.54 Å². The largest absolute Gasteiger partial charge is 0.342 e. The number of sulfonamides is 1. The van der Waals surface area contributed by atoms with E-state index < -0.39 is 10.0 Å². The third-order valence-corrected chi connectivity index (χ3v) is 4.85. The van der Waals surface area contributed by atoms with Crippen LogP contribution in [0, 0.1) is 6.92 Å². The Morgan fingerprint density at radius 3 is 2.73 bits per heavy atom. The zero-order valence-electron chi connectivity index (χ0n) is 12.2. The Bertz CT molecular complexity index is 867. The normalized spacial score (nSPS) is 11.9. The van der Waals surface area contributed by atoms with Crippen molar-refractivity contribution in [1.82, 2.24) is 14.7 Å². The van der Waals surface area contributed by atoms with E-state index in [4.69, 9.17) is 0 Å². The fourth-order valence-corrected chi connectivity index (χ4v) is 3.43. The first-order valence-electron chi connectivity index (χ1n) is 7.04. The predicted molar refractivity (Wildman–Crippen MR) is 86.2 cm³/mol. The van der Waals surface area contributed by atoms with Crippen LogP contribution in [0.5, 0.6) is 0 Å². The molecule has 2 aromatic carbocycles. The molecule has 0 saturated heterocycles. The molecule has 0 fully saturated rings. The molecular weight excluding hydrogens is 298 g/mol. The Balaban J connectivity index is 1.67. The Morgan fingerprint density at radius 1 is 1.14 bits per heavy atom.